The Balaban J connectivity index is 1.42. The molecule has 2 heterocycles. The Hall–Kier alpha value is -1.60. The topological polar surface area (TPSA) is 151 Å². The third-order valence-electron chi connectivity index (χ3n) is 15.4. The molecule has 0 bridgehead atoms. The molecule has 4 aliphatic rings. The van der Waals surface area contributed by atoms with Crippen LogP contribution in [0.1, 0.15) is 81.1 Å². The Morgan fingerprint density at radius 3 is 1.32 bits per heavy atom. The summed E-state index contributed by atoms with van der Waals surface area (Å²) in [4.78, 5) is 0. The number of hydrogen-bond donors (Lipinski definition) is 2. The summed E-state index contributed by atoms with van der Waals surface area (Å²) in [5, 5.41) is 22.5. The van der Waals surface area contributed by atoms with Crippen molar-refractivity contribution in [3.8, 4) is 0 Å². The van der Waals surface area contributed by atoms with Crippen molar-refractivity contribution >= 4 is 0 Å². The fraction of sp³-hybridized carbons (Fsp3) is 0.846. The van der Waals surface area contributed by atoms with Crippen LogP contribution in [0.3, 0.4) is 0 Å². The lowest BCUT2D eigenvalue weighted by molar-refractivity contribution is -0.311. The summed E-state index contributed by atoms with van der Waals surface area (Å²) in [5.41, 5.74) is 1.80. The SMILES string of the molecule is CC[C@H](OC)[C@@H](C)[C@H]1CC1[C@H](O)[C@@H](C)/C=C/C=C(\C)[C@@H]1O[C@H](OC)[C@H](OC)[C@@H](OC)[C@H]1OCCO[C@H]1O[C@@H](/C(C)=C/C=C/[C@H](C)[C@@H](O)C2C[C@@H]2[C@H](C)[C@H](CC)OC)[C@@H](OC)[C@H](OC)[C@@H]1OC. The second kappa shape index (κ2) is 27.7. The molecule has 66 heavy (non-hydrogen) atoms. The normalized spacial score (nSPS) is 36.8. The molecule has 0 radical (unpaired) electrons. The van der Waals surface area contributed by atoms with E-state index in [9.17, 15) is 10.2 Å². The van der Waals surface area contributed by atoms with E-state index in [-0.39, 0.29) is 49.1 Å². The minimum atomic E-state index is -0.812. The molecule has 4 fully saturated rings. The standard InChI is InChI=1S/C52H90O14/c1-17-39(55-9)33(7)35-27-37(35)41(53)29(3)21-19-23-31(5)43-45(57-11)46(58-12)50(61-15)52(66-43)64-26-25-63-48-44(65-51(62-16)49(60-14)47(48)59-13)32(6)24-20-22-30(4)42(54)38-28-36(38)34(8)40(18-2)56-10/h19-24,29-30,33-54H,17-18,25-28H2,1-16H3/b21-19+,22-20+,31-23+,32-24+/t29-,30-,33-,34-,35+,36+,37?,38?,39-,40-,41+,42+,43-,44-,45+,46-,47-,48-,49+,50-,51-,52-/m0/s1. The van der Waals surface area contributed by atoms with Crippen molar-refractivity contribution in [2.24, 2.45) is 47.3 Å². The number of aliphatic hydroxyl groups is 2. The van der Waals surface area contributed by atoms with E-state index < -0.39 is 73.6 Å². The quantitative estimate of drug-likeness (QED) is 0.0588. The van der Waals surface area contributed by atoms with Gasteiger partial charge in [-0.15, -0.1) is 0 Å². The monoisotopic (exact) mass is 939 g/mol. The second-order valence-corrected chi connectivity index (χ2v) is 19.3. The number of allylic oxidation sites excluding steroid dienone is 4. The van der Waals surface area contributed by atoms with E-state index in [4.69, 9.17) is 56.8 Å². The van der Waals surface area contributed by atoms with E-state index in [0.29, 0.717) is 23.7 Å². The smallest absolute Gasteiger partial charge is 0.187 e. The van der Waals surface area contributed by atoms with Gasteiger partial charge in [-0.25, -0.2) is 0 Å². The Morgan fingerprint density at radius 1 is 0.515 bits per heavy atom. The fourth-order valence-corrected chi connectivity index (χ4v) is 11.0. The van der Waals surface area contributed by atoms with Crippen LogP contribution in [0.4, 0.5) is 0 Å². The Kier molecular flexibility index (Phi) is 23.9. The first-order chi connectivity index (χ1) is 31.7. The Morgan fingerprint density at radius 2 is 0.909 bits per heavy atom. The lowest BCUT2D eigenvalue weighted by Gasteiger charge is -2.46. The van der Waals surface area contributed by atoms with Crippen LogP contribution in [0.15, 0.2) is 47.6 Å². The zero-order valence-corrected chi connectivity index (χ0v) is 43.2. The number of rotatable bonds is 29. The molecule has 14 nitrogen and oxygen atoms in total. The predicted molar refractivity (Wildman–Crippen MR) is 254 cm³/mol. The predicted octanol–water partition coefficient (Wildman–Crippen LogP) is 6.95. The van der Waals surface area contributed by atoms with E-state index >= 15 is 0 Å². The van der Waals surface area contributed by atoms with Gasteiger partial charge in [-0.2, -0.15) is 0 Å². The highest BCUT2D eigenvalue weighted by atomic mass is 16.7. The highest BCUT2D eigenvalue weighted by Gasteiger charge is 2.51. The molecule has 2 aliphatic carbocycles. The minimum Gasteiger partial charge on any atom is -0.392 e. The Bertz CT molecular complexity index is 1510. The number of aliphatic hydroxyl groups excluding tert-OH is 2. The molecule has 382 valence electrons. The van der Waals surface area contributed by atoms with Crippen molar-refractivity contribution in [1.82, 2.24) is 0 Å². The molecule has 0 spiro atoms. The molecule has 4 rings (SSSR count). The second-order valence-electron chi connectivity index (χ2n) is 19.3. The minimum absolute atomic E-state index is 0.0279. The van der Waals surface area contributed by atoms with Gasteiger partial charge in [0.15, 0.2) is 12.6 Å². The summed E-state index contributed by atoms with van der Waals surface area (Å²) < 4.78 is 73.0. The molecule has 2 unspecified atom stereocenters. The van der Waals surface area contributed by atoms with Gasteiger partial charge in [-0.05, 0) is 86.2 Å². The van der Waals surface area contributed by atoms with E-state index in [1.165, 1.54) is 0 Å². The molecule has 2 N–H and O–H groups in total. The molecule has 0 aromatic heterocycles. The lowest BCUT2D eigenvalue weighted by atomic mass is 9.91. The highest BCUT2D eigenvalue weighted by Crippen LogP contribution is 2.51. The molecule has 2 saturated carbocycles. The maximum absolute atomic E-state index is 11.3. The average Bonchev–Trinajstić information content (AvgIpc) is 4.27. The van der Waals surface area contributed by atoms with Gasteiger partial charge in [-0.1, -0.05) is 78.0 Å². The van der Waals surface area contributed by atoms with Gasteiger partial charge in [-0.3, -0.25) is 0 Å². The van der Waals surface area contributed by atoms with E-state index in [1.807, 2.05) is 44.2 Å². The molecule has 0 aromatic rings. The largest absolute Gasteiger partial charge is 0.392 e. The van der Waals surface area contributed by atoms with Crippen LogP contribution in [0.2, 0.25) is 0 Å². The summed E-state index contributed by atoms with van der Waals surface area (Å²) in [6, 6.07) is 0. The first-order valence-electron chi connectivity index (χ1n) is 24.5. The highest BCUT2D eigenvalue weighted by molar-refractivity contribution is 5.21. The van der Waals surface area contributed by atoms with Gasteiger partial charge in [0.1, 0.15) is 48.8 Å². The molecular weight excluding hydrogens is 849 g/mol. The molecule has 0 amide bonds. The van der Waals surface area contributed by atoms with Crippen LogP contribution >= 0.6 is 0 Å². The summed E-state index contributed by atoms with van der Waals surface area (Å²) in [7, 11) is 13.2. The maximum atomic E-state index is 11.3. The van der Waals surface area contributed by atoms with E-state index in [0.717, 1.165) is 36.8 Å². The van der Waals surface area contributed by atoms with Crippen LogP contribution in [0.25, 0.3) is 0 Å². The van der Waals surface area contributed by atoms with Gasteiger partial charge in [0, 0.05) is 68.7 Å². The molecule has 22 atom stereocenters. The zero-order chi connectivity index (χ0) is 48.8. The number of ether oxygens (including phenoxy) is 12. The van der Waals surface area contributed by atoms with Crippen molar-refractivity contribution < 1.29 is 67.1 Å². The molecule has 2 saturated heterocycles. The van der Waals surface area contributed by atoms with Crippen LogP contribution in [0.5, 0.6) is 0 Å². The van der Waals surface area contributed by atoms with Crippen molar-refractivity contribution in [2.75, 3.05) is 70.1 Å². The van der Waals surface area contributed by atoms with Gasteiger partial charge >= 0.3 is 0 Å². The summed E-state index contributed by atoms with van der Waals surface area (Å²) in [5.74, 6) is 2.22. The van der Waals surface area contributed by atoms with Gasteiger partial charge < -0.3 is 67.1 Å². The summed E-state index contributed by atoms with van der Waals surface area (Å²) >= 11 is 0. The van der Waals surface area contributed by atoms with Crippen molar-refractivity contribution in [2.45, 2.75) is 167 Å². The third kappa shape index (κ3) is 14.0. The van der Waals surface area contributed by atoms with Crippen LogP contribution in [0, 0.1) is 47.3 Å². The summed E-state index contributed by atoms with van der Waals surface area (Å²) in [6.45, 7) is 17.2. The third-order valence-corrected chi connectivity index (χ3v) is 15.4. The first kappa shape index (κ1) is 57.0. The van der Waals surface area contributed by atoms with Crippen LogP contribution < -0.4 is 0 Å². The van der Waals surface area contributed by atoms with Crippen molar-refractivity contribution in [3.05, 3.63) is 47.6 Å². The van der Waals surface area contributed by atoms with Gasteiger partial charge in [0.25, 0.3) is 0 Å². The van der Waals surface area contributed by atoms with E-state index in [2.05, 4.69) is 47.6 Å². The molecule has 14 heteroatoms. The Labute approximate surface area is 398 Å². The first-order valence-corrected chi connectivity index (χ1v) is 24.5. The van der Waals surface area contributed by atoms with Gasteiger partial charge in [0.05, 0.1) is 37.6 Å². The van der Waals surface area contributed by atoms with E-state index in [1.54, 1.807) is 56.9 Å². The van der Waals surface area contributed by atoms with Crippen molar-refractivity contribution in [1.29, 1.82) is 0 Å². The zero-order valence-electron chi connectivity index (χ0n) is 43.2. The maximum Gasteiger partial charge on any atom is 0.187 e. The van der Waals surface area contributed by atoms with Crippen LogP contribution in [-0.4, -0.2) is 166 Å². The molecular formula is C52H90O14. The fourth-order valence-electron chi connectivity index (χ4n) is 11.0. The summed E-state index contributed by atoms with van der Waals surface area (Å²) in [6.07, 6.45) is 9.74. The van der Waals surface area contributed by atoms with Crippen LogP contribution in [-0.2, 0) is 56.8 Å². The molecule has 0 aromatic carbocycles. The van der Waals surface area contributed by atoms with Crippen molar-refractivity contribution in [3.63, 3.8) is 0 Å². The average molecular weight is 939 g/mol. The van der Waals surface area contributed by atoms with Gasteiger partial charge in [0.2, 0.25) is 0 Å². The molecule has 2 aliphatic heterocycles. The lowest BCUT2D eigenvalue weighted by Crippen LogP contribution is -2.61. The number of hydrogen-bond acceptors (Lipinski definition) is 14. The number of methoxy groups -OCH3 is 8.